The van der Waals surface area contributed by atoms with E-state index in [1.165, 1.54) is 29.1 Å². The van der Waals surface area contributed by atoms with Gasteiger partial charge in [-0.3, -0.25) is 23.8 Å². The molecule has 7 rings (SSSR count). The molecule has 4 aliphatic rings. The summed E-state index contributed by atoms with van der Waals surface area (Å²) in [6, 6.07) is 11.3. The molecule has 2 aromatic carbocycles. The van der Waals surface area contributed by atoms with Crippen LogP contribution in [-0.4, -0.2) is 64.1 Å². The van der Waals surface area contributed by atoms with E-state index in [1.54, 1.807) is 37.4 Å². The highest BCUT2D eigenvalue weighted by molar-refractivity contribution is 7.92. The smallest absolute Gasteiger partial charge is 0.286 e. The average molecular weight is 720 g/mol. The lowest BCUT2D eigenvalue weighted by atomic mass is 9.68. The second-order valence-electron chi connectivity index (χ2n) is 14.2. The number of anilines is 1. The second kappa shape index (κ2) is 13.5. The van der Waals surface area contributed by atoms with Gasteiger partial charge in [0.15, 0.2) is 5.78 Å². The van der Waals surface area contributed by atoms with Crippen LogP contribution >= 0.6 is 11.6 Å². The van der Waals surface area contributed by atoms with E-state index in [0.717, 1.165) is 37.8 Å². The van der Waals surface area contributed by atoms with Crippen LogP contribution in [0.4, 0.5) is 5.69 Å². The van der Waals surface area contributed by atoms with Crippen molar-refractivity contribution < 1.29 is 28.1 Å². The lowest BCUT2D eigenvalue weighted by Gasteiger charge is -2.44. The van der Waals surface area contributed by atoms with E-state index in [4.69, 9.17) is 21.1 Å². The summed E-state index contributed by atoms with van der Waals surface area (Å²) in [6.45, 7) is 3.56. The minimum Gasteiger partial charge on any atom is -0.490 e. The van der Waals surface area contributed by atoms with Gasteiger partial charge in [0.25, 0.3) is 11.8 Å². The van der Waals surface area contributed by atoms with Gasteiger partial charge in [-0.1, -0.05) is 30.7 Å². The Morgan fingerprint density at radius 3 is 2.80 bits per heavy atom. The Morgan fingerprint density at radius 1 is 1.18 bits per heavy atom. The number of methoxy groups -OCH3 is 1. The van der Waals surface area contributed by atoms with Crippen LogP contribution in [-0.2, 0) is 33.6 Å². The third-order valence-corrected chi connectivity index (χ3v) is 12.8. The fraction of sp³-hybridized carbons (Fsp3) is 0.459. The predicted molar refractivity (Wildman–Crippen MR) is 191 cm³/mol. The summed E-state index contributed by atoms with van der Waals surface area (Å²) in [5.41, 5.74) is 3.15. The average Bonchev–Trinajstić information content (AvgIpc) is 3.37. The van der Waals surface area contributed by atoms with Gasteiger partial charge >= 0.3 is 0 Å². The molecule has 11 nitrogen and oxygen atoms in total. The highest BCUT2D eigenvalue weighted by atomic mass is 35.5. The van der Waals surface area contributed by atoms with Crippen molar-refractivity contribution in [1.29, 1.82) is 0 Å². The summed E-state index contributed by atoms with van der Waals surface area (Å²) < 4.78 is 34.4. The van der Waals surface area contributed by atoms with Gasteiger partial charge in [0.1, 0.15) is 21.2 Å². The summed E-state index contributed by atoms with van der Waals surface area (Å²) in [5.74, 6) is -0.985. The van der Waals surface area contributed by atoms with E-state index in [2.05, 4.69) is 31.2 Å². The normalized spacial score (nSPS) is 28.6. The molecule has 0 radical (unpaired) electrons. The van der Waals surface area contributed by atoms with Crippen molar-refractivity contribution in [1.82, 2.24) is 14.5 Å². The van der Waals surface area contributed by atoms with Crippen LogP contribution in [0.5, 0.6) is 11.6 Å². The number of rotatable bonds is 3. The minimum absolute atomic E-state index is 0.0589. The summed E-state index contributed by atoms with van der Waals surface area (Å²) in [4.78, 5) is 43.1. The monoisotopic (exact) mass is 719 g/mol. The molecule has 2 amide bonds. The summed E-state index contributed by atoms with van der Waals surface area (Å²) in [5, 5.41) is 4.83. The van der Waals surface area contributed by atoms with Crippen LogP contribution in [0.2, 0.25) is 5.02 Å². The van der Waals surface area contributed by atoms with Crippen LogP contribution in [0.15, 0.2) is 59.1 Å². The Balaban J connectivity index is 1.30. The number of hydrogen-bond acceptors (Lipinski definition) is 8. The van der Waals surface area contributed by atoms with E-state index in [-0.39, 0.29) is 51.7 Å². The van der Waals surface area contributed by atoms with Crippen molar-refractivity contribution in [2.75, 3.05) is 37.5 Å². The Morgan fingerprint density at radius 2 is 2.02 bits per heavy atom. The van der Waals surface area contributed by atoms with E-state index < -0.39 is 21.7 Å². The zero-order chi connectivity index (χ0) is 35.2. The van der Waals surface area contributed by atoms with Crippen LogP contribution < -0.4 is 19.1 Å². The van der Waals surface area contributed by atoms with Crippen molar-refractivity contribution >= 4 is 44.8 Å². The molecule has 3 aromatic rings. The highest BCUT2D eigenvalue weighted by Crippen LogP contribution is 2.46. The second-order valence-corrected chi connectivity index (χ2v) is 16.7. The van der Waals surface area contributed by atoms with Crippen molar-refractivity contribution in [3.8, 4) is 11.6 Å². The molecular formula is C37H42ClN5O6S. The summed E-state index contributed by atoms with van der Waals surface area (Å²) in [7, 11) is -0.621. The molecule has 13 heteroatoms. The number of nitrogens with zero attached hydrogens (tertiary/aromatic N) is 4. The fourth-order valence-electron chi connectivity index (χ4n) is 7.95. The van der Waals surface area contributed by atoms with Gasteiger partial charge in [0.05, 0.1) is 25.2 Å². The maximum Gasteiger partial charge on any atom is 0.286 e. The number of nitrogens with one attached hydrogen (secondary N) is 1. The molecule has 50 heavy (non-hydrogen) atoms. The quantitative estimate of drug-likeness (QED) is 0.365. The van der Waals surface area contributed by atoms with Gasteiger partial charge in [0, 0.05) is 48.3 Å². The number of ketones is 1. The van der Waals surface area contributed by atoms with Gasteiger partial charge in [-0.25, -0.2) is 4.21 Å². The van der Waals surface area contributed by atoms with Gasteiger partial charge in [-0.2, -0.15) is 0 Å². The zero-order valence-electron chi connectivity index (χ0n) is 28.5. The summed E-state index contributed by atoms with van der Waals surface area (Å²) in [6.07, 6.45) is 9.93. The van der Waals surface area contributed by atoms with Crippen LogP contribution in [0, 0.1) is 17.8 Å². The molecule has 1 N–H and O–H groups in total. The first kappa shape index (κ1) is 34.3. The third kappa shape index (κ3) is 6.67. The van der Waals surface area contributed by atoms with E-state index >= 15 is 0 Å². The van der Waals surface area contributed by atoms with Crippen molar-refractivity contribution in [3.05, 3.63) is 82.0 Å². The minimum atomic E-state index is -3.64. The maximum absolute atomic E-state index is 14.5. The first-order valence-electron chi connectivity index (χ1n) is 17.2. The number of allylic oxidation sites excluding steroid dienone is 2. The van der Waals surface area contributed by atoms with Gasteiger partial charge in [0.2, 0.25) is 5.88 Å². The topological polar surface area (TPSA) is 132 Å². The number of amides is 2. The predicted octanol–water partition coefficient (Wildman–Crippen LogP) is 5.70. The Hall–Kier alpha value is -4.16. The Labute approximate surface area is 297 Å². The Kier molecular flexibility index (Phi) is 9.27. The number of hydrogen-bond donors (Lipinski definition) is 1. The Bertz CT molecular complexity index is 2020. The van der Waals surface area contributed by atoms with Crippen LogP contribution in [0.3, 0.4) is 0 Å². The lowest BCUT2D eigenvalue weighted by molar-refractivity contribution is -0.122. The van der Waals surface area contributed by atoms with Crippen molar-refractivity contribution in [2.45, 2.75) is 50.9 Å². The number of fused-ring (bicyclic) bond motifs is 4. The number of aryl methyl sites for hydroxylation is 2. The number of carbonyl (C=O) groups is 3. The van der Waals surface area contributed by atoms with Crippen LogP contribution in [0.25, 0.3) is 0 Å². The van der Waals surface area contributed by atoms with E-state index in [1.807, 2.05) is 13.0 Å². The molecule has 2 aliphatic carbocycles. The van der Waals surface area contributed by atoms with Gasteiger partial charge in [-0.05, 0) is 97.9 Å². The number of halogens is 1. The molecule has 1 spiro atoms. The molecule has 3 heterocycles. The van der Waals surface area contributed by atoms with Crippen molar-refractivity contribution in [2.24, 2.45) is 29.2 Å². The molecule has 0 saturated heterocycles. The fourth-order valence-corrected chi connectivity index (χ4v) is 10.0. The first-order chi connectivity index (χ1) is 24.0. The molecule has 1 unspecified atom stereocenters. The third-order valence-electron chi connectivity index (χ3n) is 10.6. The molecule has 1 aromatic heterocycles. The number of ether oxygens (including phenoxy) is 2. The number of benzene rings is 2. The lowest BCUT2D eigenvalue weighted by Crippen LogP contribution is -2.49. The molecule has 264 valence electrons. The van der Waals surface area contributed by atoms with Gasteiger partial charge < -0.3 is 14.4 Å². The maximum atomic E-state index is 14.5. The molecule has 2 bridgehead atoms. The van der Waals surface area contributed by atoms with E-state index in [9.17, 15) is 18.6 Å². The molecule has 5 atom stereocenters. The van der Waals surface area contributed by atoms with Crippen LogP contribution in [0.1, 0.15) is 70.9 Å². The molecular weight excluding hydrogens is 678 g/mol. The SMILES string of the molecule is COc1nn(C)cc1C(=O)NS1(=O)=NC(=O)c2ccc3c(c2)N(C[C@@H]2CC[C@H]2C(=O)/C=C\C[C@H](C)C1)C[C@@]1(CCCc2cc(Cl)ccc21)CO3. The molecule has 2 aliphatic heterocycles. The van der Waals surface area contributed by atoms with Crippen molar-refractivity contribution in [3.63, 3.8) is 0 Å². The van der Waals surface area contributed by atoms with Gasteiger partial charge in [-0.15, -0.1) is 9.46 Å². The standard InChI is InChI=1S/C37H42ClN5O6S/c1-23-6-4-8-32(44)28-12-9-26(28)18-43-21-37(15-5-7-24-16-27(38)11-13-30(24)37)22-49-33-14-10-25(17-31(33)43)34(45)40-50(47,20-23)41-35(46)29-19-42(2)39-36(29)48-3/h4,8,10-11,13-14,16-17,19,23,26,28H,5-7,9,12,15,18,20-22H2,1-3H3,(H,40,41,45,46,47)/b8-4-/t23-,26-,28+,37-,50?/m0/s1. The molecule has 1 saturated carbocycles. The largest absolute Gasteiger partial charge is 0.490 e. The zero-order valence-corrected chi connectivity index (χ0v) is 30.1. The number of aromatic nitrogens is 2. The highest BCUT2D eigenvalue weighted by Gasteiger charge is 2.44. The first-order valence-corrected chi connectivity index (χ1v) is 19.2. The summed E-state index contributed by atoms with van der Waals surface area (Å²) >= 11 is 6.42. The molecule has 1 fully saturated rings. The van der Waals surface area contributed by atoms with E-state index in [0.29, 0.717) is 36.9 Å². The number of carbonyl (C=O) groups excluding carboxylic acids is 3.